The van der Waals surface area contributed by atoms with Crippen molar-refractivity contribution >= 4 is 17.9 Å². The zero-order chi connectivity index (χ0) is 20.6. The summed E-state index contributed by atoms with van der Waals surface area (Å²) in [7, 11) is 1.65. The number of hydrogen-bond donors (Lipinski definition) is 0. The second kappa shape index (κ2) is 7.66. The lowest BCUT2D eigenvalue weighted by Crippen LogP contribution is -2.76. The molecule has 2 aliphatic heterocycles. The van der Waals surface area contributed by atoms with E-state index in [0.717, 1.165) is 6.42 Å². The molecule has 1 atom stereocenters. The highest BCUT2D eigenvalue weighted by molar-refractivity contribution is 5.87. The molecule has 0 N–H and O–H groups in total. The number of urea groups is 1. The van der Waals surface area contributed by atoms with Gasteiger partial charge in [0.15, 0.2) is 11.5 Å². The third-order valence-corrected chi connectivity index (χ3v) is 4.91. The third-order valence-electron chi connectivity index (χ3n) is 4.91. The van der Waals surface area contributed by atoms with Gasteiger partial charge in [-0.3, -0.25) is 14.6 Å². The van der Waals surface area contributed by atoms with Gasteiger partial charge >= 0.3 is 12.1 Å². The Kier molecular flexibility index (Phi) is 6.09. The van der Waals surface area contributed by atoms with Gasteiger partial charge in [-0.15, -0.1) is 0 Å². The van der Waals surface area contributed by atoms with Gasteiger partial charge in [0, 0.05) is 13.6 Å². The average Bonchev–Trinajstić information content (AvgIpc) is 2.49. The number of hydrogen-bond acceptors (Lipinski definition) is 5. The summed E-state index contributed by atoms with van der Waals surface area (Å²) in [5, 5.41) is 0. The van der Waals surface area contributed by atoms with Crippen LogP contribution in [0.5, 0.6) is 0 Å². The second-order valence-electron chi connectivity index (χ2n) is 8.83. The Morgan fingerprint density at radius 3 is 2.26 bits per heavy atom. The molecule has 0 aromatic carbocycles. The first-order valence-corrected chi connectivity index (χ1v) is 9.55. The quantitative estimate of drug-likeness (QED) is 0.747. The molecule has 8 nitrogen and oxygen atoms in total. The molecule has 8 heteroatoms. The summed E-state index contributed by atoms with van der Waals surface area (Å²) < 4.78 is 11.3. The SMILES string of the molecule is CC(=O)[C@H](C(C)C)N(C)C(=O)N1CCCOC12CN(C(=O)OC(C)(C)C)C2. The topological polar surface area (TPSA) is 79.4 Å². The van der Waals surface area contributed by atoms with Crippen molar-refractivity contribution < 1.29 is 23.9 Å². The Morgan fingerprint density at radius 2 is 1.78 bits per heavy atom. The van der Waals surface area contributed by atoms with Crippen LogP contribution < -0.4 is 0 Å². The fraction of sp³-hybridized carbons (Fsp3) is 0.842. The lowest BCUT2D eigenvalue weighted by Gasteiger charge is -2.57. The maximum Gasteiger partial charge on any atom is 0.410 e. The summed E-state index contributed by atoms with van der Waals surface area (Å²) in [6, 6.07) is -0.731. The van der Waals surface area contributed by atoms with Gasteiger partial charge in [0.2, 0.25) is 0 Å². The van der Waals surface area contributed by atoms with Crippen LogP contribution in [0, 0.1) is 5.92 Å². The first-order chi connectivity index (χ1) is 12.4. The highest BCUT2D eigenvalue weighted by Crippen LogP contribution is 2.34. The number of amides is 3. The van der Waals surface area contributed by atoms with Crippen LogP contribution in [0.2, 0.25) is 0 Å². The van der Waals surface area contributed by atoms with Crippen molar-refractivity contribution in [2.24, 2.45) is 5.92 Å². The summed E-state index contributed by atoms with van der Waals surface area (Å²) in [4.78, 5) is 42.1. The fourth-order valence-electron chi connectivity index (χ4n) is 3.80. The van der Waals surface area contributed by atoms with Crippen LogP contribution in [0.25, 0.3) is 0 Å². The number of carbonyl (C=O) groups excluding carboxylic acids is 3. The molecule has 3 amide bonds. The molecule has 0 bridgehead atoms. The van der Waals surface area contributed by atoms with E-state index in [2.05, 4.69) is 0 Å². The zero-order valence-corrected chi connectivity index (χ0v) is 17.6. The van der Waals surface area contributed by atoms with Crippen molar-refractivity contribution in [2.45, 2.75) is 65.3 Å². The fourth-order valence-corrected chi connectivity index (χ4v) is 3.80. The van der Waals surface area contributed by atoms with Gasteiger partial charge < -0.3 is 14.4 Å². The van der Waals surface area contributed by atoms with E-state index in [9.17, 15) is 14.4 Å². The highest BCUT2D eigenvalue weighted by Gasteiger charge is 2.55. The van der Waals surface area contributed by atoms with Crippen molar-refractivity contribution in [1.29, 1.82) is 0 Å². The minimum absolute atomic E-state index is 0.0118. The number of ether oxygens (including phenoxy) is 2. The Balaban J connectivity index is 2.11. The Labute approximate surface area is 161 Å². The normalized spacial score (nSPS) is 20.3. The van der Waals surface area contributed by atoms with Crippen molar-refractivity contribution in [3.05, 3.63) is 0 Å². The molecule has 2 aliphatic rings. The average molecular weight is 383 g/mol. The van der Waals surface area contributed by atoms with E-state index < -0.39 is 23.5 Å². The second-order valence-corrected chi connectivity index (χ2v) is 8.83. The lowest BCUT2D eigenvalue weighted by molar-refractivity contribution is -0.230. The van der Waals surface area contributed by atoms with Crippen LogP contribution in [0.4, 0.5) is 9.59 Å². The molecule has 0 saturated carbocycles. The van der Waals surface area contributed by atoms with E-state index in [4.69, 9.17) is 9.47 Å². The maximum absolute atomic E-state index is 13.1. The molecule has 2 heterocycles. The minimum Gasteiger partial charge on any atom is -0.444 e. The van der Waals surface area contributed by atoms with Gasteiger partial charge in [-0.05, 0) is 40.0 Å². The monoisotopic (exact) mass is 383 g/mol. The Bertz CT molecular complexity index is 593. The summed E-state index contributed by atoms with van der Waals surface area (Å²) in [5.41, 5.74) is -1.41. The van der Waals surface area contributed by atoms with E-state index >= 15 is 0 Å². The number of Topliss-reactive ketones (excluding diaryl/α,β-unsaturated/α-hetero) is 1. The predicted molar refractivity (Wildman–Crippen MR) is 100 cm³/mol. The Morgan fingerprint density at radius 1 is 1.19 bits per heavy atom. The number of rotatable bonds is 3. The van der Waals surface area contributed by atoms with Crippen LogP contribution >= 0.6 is 0 Å². The number of carbonyl (C=O) groups is 3. The zero-order valence-electron chi connectivity index (χ0n) is 17.6. The van der Waals surface area contributed by atoms with Crippen molar-refractivity contribution in [3.63, 3.8) is 0 Å². The van der Waals surface area contributed by atoms with Gasteiger partial charge in [-0.25, -0.2) is 9.59 Å². The lowest BCUT2D eigenvalue weighted by atomic mass is 9.98. The molecule has 0 aromatic rings. The van der Waals surface area contributed by atoms with E-state index in [1.165, 1.54) is 11.8 Å². The van der Waals surface area contributed by atoms with Crippen LogP contribution in [0.1, 0.15) is 48.0 Å². The first kappa shape index (κ1) is 21.5. The van der Waals surface area contributed by atoms with Crippen molar-refractivity contribution in [3.8, 4) is 0 Å². The number of ketones is 1. The molecule has 1 spiro atoms. The van der Waals surface area contributed by atoms with E-state index in [1.54, 1.807) is 16.8 Å². The predicted octanol–water partition coefficient (Wildman–Crippen LogP) is 2.32. The molecule has 27 heavy (non-hydrogen) atoms. The summed E-state index contributed by atoms with van der Waals surface area (Å²) in [6.45, 7) is 12.4. The minimum atomic E-state index is -0.835. The number of likely N-dealkylation sites (N-methyl/N-ethyl adjacent to an activating group) is 1. The molecule has 0 aromatic heterocycles. The molecule has 154 valence electrons. The molecule has 0 radical (unpaired) electrons. The standard InChI is InChI=1S/C19H33N3O5/c1-13(2)15(14(3)23)20(7)16(24)22-9-8-10-26-19(22)11-21(12-19)17(25)27-18(4,5)6/h13,15H,8-12H2,1-7H3/t15-/m0/s1. The summed E-state index contributed by atoms with van der Waals surface area (Å²) >= 11 is 0. The van der Waals surface area contributed by atoms with Crippen LogP contribution in [0.15, 0.2) is 0 Å². The smallest absolute Gasteiger partial charge is 0.410 e. The first-order valence-electron chi connectivity index (χ1n) is 9.55. The summed E-state index contributed by atoms with van der Waals surface area (Å²) in [6.07, 6.45) is 0.312. The molecule has 2 fully saturated rings. The van der Waals surface area contributed by atoms with E-state index in [-0.39, 0.29) is 30.8 Å². The summed E-state index contributed by atoms with van der Waals surface area (Å²) in [5.74, 6) is -0.0328. The number of likely N-dealkylation sites (tertiary alicyclic amines) is 1. The van der Waals surface area contributed by atoms with Gasteiger partial charge in [0.25, 0.3) is 0 Å². The van der Waals surface area contributed by atoms with Crippen LogP contribution in [-0.4, -0.2) is 83.3 Å². The molecule has 0 aliphatic carbocycles. The van der Waals surface area contributed by atoms with Gasteiger partial charge in [-0.2, -0.15) is 0 Å². The molecule has 0 unspecified atom stereocenters. The number of nitrogens with zero attached hydrogens (tertiary/aromatic N) is 3. The van der Waals surface area contributed by atoms with Gasteiger partial charge in [0.1, 0.15) is 5.60 Å². The van der Waals surface area contributed by atoms with Gasteiger partial charge in [0.05, 0.1) is 25.7 Å². The maximum atomic E-state index is 13.1. The van der Waals surface area contributed by atoms with Gasteiger partial charge in [-0.1, -0.05) is 13.8 Å². The van der Waals surface area contributed by atoms with E-state index in [0.29, 0.717) is 13.2 Å². The molecular weight excluding hydrogens is 350 g/mol. The third kappa shape index (κ3) is 4.54. The van der Waals surface area contributed by atoms with Crippen LogP contribution in [0.3, 0.4) is 0 Å². The molecule has 2 rings (SSSR count). The van der Waals surface area contributed by atoms with Crippen molar-refractivity contribution in [2.75, 3.05) is 33.3 Å². The molecular formula is C19H33N3O5. The Hall–Kier alpha value is -1.83. The molecule has 2 saturated heterocycles. The van der Waals surface area contributed by atoms with Crippen molar-refractivity contribution in [1.82, 2.24) is 14.7 Å². The largest absolute Gasteiger partial charge is 0.444 e. The highest BCUT2D eigenvalue weighted by atomic mass is 16.6. The van der Waals surface area contributed by atoms with Crippen LogP contribution in [-0.2, 0) is 14.3 Å². The van der Waals surface area contributed by atoms with E-state index in [1.807, 2.05) is 34.6 Å².